The number of hydrogen-bond acceptors (Lipinski definition) is 1. The molecular weight excluding hydrogens is 258 g/mol. The number of carbonyl (C=O) groups excluding carboxylic acids is 1. The molecule has 2 nitrogen and oxygen atoms in total. The lowest BCUT2D eigenvalue weighted by Crippen LogP contribution is -1.96. The first-order valence-electron chi connectivity index (χ1n) is 7.04. The molecule has 1 aromatic heterocycles. The van der Waals surface area contributed by atoms with Crippen LogP contribution in [-0.2, 0) is 6.54 Å². The predicted molar refractivity (Wildman–Crippen MR) is 85.4 cm³/mol. The minimum Gasteiger partial charge on any atom is -0.349 e. The van der Waals surface area contributed by atoms with Gasteiger partial charge in [-0.2, -0.15) is 0 Å². The van der Waals surface area contributed by atoms with E-state index in [0.717, 1.165) is 23.2 Å². The Hall–Kier alpha value is -2.61. The fraction of sp³-hybridized carbons (Fsp3) is 0.105. The SMILES string of the molecule is CC(=O)c1cn(Cc2ccccc2)cc1-c1ccccc1. The van der Waals surface area contributed by atoms with Crippen LogP contribution >= 0.6 is 0 Å². The Bertz CT molecular complexity index is 742. The Morgan fingerprint density at radius 1 is 0.905 bits per heavy atom. The Balaban J connectivity index is 1.99. The third-order valence-corrected chi connectivity index (χ3v) is 3.55. The van der Waals surface area contributed by atoms with Gasteiger partial charge in [-0.05, 0) is 18.1 Å². The number of rotatable bonds is 4. The average Bonchev–Trinajstić information content (AvgIpc) is 2.93. The van der Waals surface area contributed by atoms with Crippen molar-refractivity contribution in [1.29, 1.82) is 0 Å². The molecule has 0 atom stereocenters. The smallest absolute Gasteiger partial charge is 0.161 e. The van der Waals surface area contributed by atoms with Crippen LogP contribution in [0.3, 0.4) is 0 Å². The van der Waals surface area contributed by atoms with Crippen molar-refractivity contribution in [3.05, 3.63) is 84.2 Å². The molecule has 0 fully saturated rings. The third kappa shape index (κ3) is 2.95. The molecule has 2 aromatic carbocycles. The average molecular weight is 275 g/mol. The van der Waals surface area contributed by atoms with Gasteiger partial charge in [0.15, 0.2) is 5.78 Å². The maximum Gasteiger partial charge on any atom is 0.161 e. The van der Waals surface area contributed by atoms with Gasteiger partial charge in [0.25, 0.3) is 0 Å². The molecule has 0 saturated carbocycles. The van der Waals surface area contributed by atoms with Gasteiger partial charge in [-0.3, -0.25) is 4.79 Å². The number of benzene rings is 2. The zero-order chi connectivity index (χ0) is 14.7. The van der Waals surface area contributed by atoms with Crippen molar-refractivity contribution in [3.8, 4) is 11.1 Å². The summed E-state index contributed by atoms with van der Waals surface area (Å²) in [6.07, 6.45) is 4.00. The summed E-state index contributed by atoms with van der Waals surface area (Å²) in [7, 11) is 0. The molecule has 0 N–H and O–H groups in total. The molecule has 3 rings (SSSR count). The van der Waals surface area contributed by atoms with Gasteiger partial charge in [-0.1, -0.05) is 60.7 Å². The molecule has 0 spiro atoms. The van der Waals surface area contributed by atoms with Crippen LogP contribution in [0.15, 0.2) is 73.1 Å². The number of aromatic nitrogens is 1. The van der Waals surface area contributed by atoms with Crippen LogP contribution in [0.1, 0.15) is 22.8 Å². The molecule has 1 heterocycles. The van der Waals surface area contributed by atoms with Crippen molar-refractivity contribution in [1.82, 2.24) is 4.57 Å². The van der Waals surface area contributed by atoms with E-state index in [-0.39, 0.29) is 5.78 Å². The highest BCUT2D eigenvalue weighted by Crippen LogP contribution is 2.25. The molecule has 0 bridgehead atoms. The van der Waals surface area contributed by atoms with E-state index in [9.17, 15) is 4.79 Å². The second-order valence-electron chi connectivity index (χ2n) is 5.17. The first-order chi connectivity index (χ1) is 10.2. The van der Waals surface area contributed by atoms with Crippen LogP contribution < -0.4 is 0 Å². The zero-order valence-electron chi connectivity index (χ0n) is 12.0. The van der Waals surface area contributed by atoms with E-state index in [4.69, 9.17) is 0 Å². The maximum absolute atomic E-state index is 11.9. The fourth-order valence-corrected chi connectivity index (χ4v) is 2.52. The van der Waals surface area contributed by atoms with Crippen LogP contribution in [0, 0.1) is 0 Å². The highest BCUT2D eigenvalue weighted by molar-refractivity contribution is 6.00. The van der Waals surface area contributed by atoms with Crippen molar-refractivity contribution in [3.63, 3.8) is 0 Å². The summed E-state index contributed by atoms with van der Waals surface area (Å²) in [5.41, 5.74) is 4.08. The van der Waals surface area contributed by atoms with Gasteiger partial charge in [0.05, 0.1) is 0 Å². The van der Waals surface area contributed by atoms with Gasteiger partial charge in [-0.25, -0.2) is 0 Å². The molecule has 2 heteroatoms. The van der Waals surface area contributed by atoms with Gasteiger partial charge in [0, 0.05) is 30.1 Å². The van der Waals surface area contributed by atoms with Gasteiger partial charge in [-0.15, -0.1) is 0 Å². The lowest BCUT2D eigenvalue weighted by atomic mass is 10.0. The predicted octanol–water partition coefficient (Wildman–Crippen LogP) is 4.41. The molecule has 104 valence electrons. The summed E-state index contributed by atoms with van der Waals surface area (Å²) in [4.78, 5) is 11.9. The monoisotopic (exact) mass is 275 g/mol. The molecular formula is C19H17NO. The van der Waals surface area contributed by atoms with Gasteiger partial charge in [0.2, 0.25) is 0 Å². The number of Topliss-reactive ketones (excluding diaryl/α,β-unsaturated/α-hetero) is 1. The summed E-state index contributed by atoms with van der Waals surface area (Å²) in [6.45, 7) is 2.39. The Morgan fingerprint density at radius 3 is 2.14 bits per heavy atom. The second kappa shape index (κ2) is 5.80. The Kier molecular flexibility index (Phi) is 3.69. The van der Waals surface area contributed by atoms with E-state index in [1.54, 1.807) is 6.92 Å². The molecule has 0 radical (unpaired) electrons. The van der Waals surface area contributed by atoms with Crippen LogP contribution in [-0.4, -0.2) is 10.4 Å². The summed E-state index contributed by atoms with van der Waals surface area (Å²) >= 11 is 0. The van der Waals surface area contributed by atoms with Crippen molar-refractivity contribution < 1.29 is 4.79 Å². The van der Waals surface area contributed by atoms with Crippen LogP contribution in [0.25, 0.3) is 11.1 Å². The topological polar surface area (TPSA) is 22.0 Å². The standard InChI is InChI=1S/C19H17NO/c1-15(21)18-13-20(12-16-8-4-2-5-9-16)14-19(18)17-10-6-3-7-11-17/h2-11,13-14H,12H2,1H3. The van der Waals surface area contributed by atoms with E-state index < -0.39 is 0 Å². The van der Waals surface area contributed by atoms with Crippen LogP contribution in [0.5, 0.6) is 0 Å². The quantitative estimate of drug-likeness (QED) is 0.647. The lowest BCUT2D eigenvalue weighted by Gasteiger charge is -2.02. The second-order valence-corrected chi connectivity index (χ2v) is 5.17. The van der Waals surface area contributed by atoms with E-state index >= 15 is 0 Å². The number of ketones is 1. The van der Waals surface area contributed by atoms with Gasteiger partial charge in [0.1, 0.15) is 0 Å². The van der Waals surface area contributed by atoms with Gasteiger partial charge < -0.3 is 4.57 Å². The Morgan fingerprint density at radius 2 is 1.52 bits per heavy atom. The number of carbonyl (C=O) groups is 1. The summed E-state index contributed by atoms with van der Waals surface area (Å²) in [6, 6.07) is 20.3. The zero-order valence-corrected chi connectivity index (χ0v) is 12.0. The van der Waals surface area contributed by atoms with Crippen LogP contribution in [0.4, 0.5) is 0 Å². The maximum atomic E-state index is 11.9. The van der Waals surface area contributed by atoms with Crippen molar-refractivity contribution >= 4 is 5.78 Å². The third-order valence-electron chi connectivity index (χ3n) is 3.55. The molecule has 0 saturated heterocycles. The normalized spacial score (nSPS) is 10.5. The summed E-state index contributed by atoms with van der Waals surface area (Å²) in [5, 5.41) is 0. The lowest BCUT2D eigenvalue weighted by molar-refractivity contribution is 0.101. The highest BCUT2D eigenvalue weighted by atomic mass is 16.1. The van der Waals surface area contributed by atoms with E-state index in [1.165, 1.54) is 5.56 Å². The molecule has 21 heavy (non-hydrogen) atoms. The highest BCUT2D eigenvalue weighted by Gasteiger charge is 2.12. The van der Waals surface area contributed by atoms with E-state index in [0.29, 0.717) is 0 Å². The molecule has 0 aliphatic rings. The molecule has 0 unspecified atom stereocenters. The number of nitrogens with zero attached hydrogens (tertiary/aromatic N) is 1. The van der Waals surface area contributed by atoms with Crippen molar-refractivity contribution in [2.24, 2.45) is 0 Å². The first-order valence-corrected chi connectivity index (χ1v) is 7.04. The van der Waals surface area contributed by atoms with Gasteiger partial charge >= 0.3 is 0 Å². The fourth-order valence-electron chi connectivity index (χ4n) is 2.52. The molecule has 0 amide bonds. The van der Waals surface area contributed by atoms with Crippen molar-refractivity contribution in [2.75, 3.05) is 0 Å². The summed E-state index contributed by atoms with van der Waals surface area (Å²) in [5.74, 6) is 0.0978. The summed E-state index contributed by atoms with van der Waals surface area (Å²) < 4.78 is 2.08. The minimum atomic E-state index is 0.0978. The van der Waals surface area contributed by atoms with E-state index in [2.05, 4.69) is 22.9 Å². The molecule has 3 aromatic rings. The first kappa shape index (κ1) is 13.4. The number of hydrogen-bond donors (Lipinski definition) is 0. The Labute approximate surface area is 124 Å². The molecule has 0 aliphatic heterocycles. The minimum absolute atomic E-state index is 0.0978. The largest absolute Gasteiger partial charge is 0.349 e. The molecule has 0 aliphatic carbocycles. The van der Waals surface area contributed by atoms with E-state index in [1.807, 2.05) is 54.7 Å². The van der Waals surface area contributed by atoms with Crippen LogP contribution in [0.2, 0.25) is 0 Å². The van der Waals surface area contributed by atoms with Crippen molar-refractivity contribution in [2.45, 2.75) is 13.5 Å².